The van der Waals surface area contributed by atoms with Crippen LogP contribution in [-0.4, -0.2) is 74.4 Å². The number of morpholine rings is 2. The molecular weight excluding hydrogens is 292 g/mol. The first kappa shape index (κ1) is 16.4. The van der Waals surface area contributed by atoms with Crippen LogP contribution >= 0.6 is 0 Å². The van der Waals surface area contributed by atoms with E-state index in [1.807, 2.05) is 23.1 Å². The van der Waals surface area contributed by atoms with Crippen LogP contribution in [0, 0.1) is 0 Å². The Hall–Kier alpha value is -1.43. The number of fused-ring (bicyclic) bond motifs is 2. The van der Waals surface area contributed by atoms with Crippen molar-refractivity contribution in [2.45, 2.75) is 25.0 Å². The number of hydrogen-bond acceptors (Lipinski definition) is 4. The van der Waals surface area contributed by atoms with Gasteiger partial charge in [0.2, 0.25) is 5.91 Å². The van der Waals surface area contributed by atoms with E-state index in [2.05, 4.69) is 17.0 Å². The second-order valence-electron chi connectivity index (χ2n) is 6.42. The summed E-state index contributed by atoms with van der Waals surface area (Å²) >= 11 is 0. The van der Waals surface area contributed by atoms with Gasteiger partial charge in [-0.05, 0) is 12.0 Å². The van der Waals surface area contributed by atoms with Gasteiger partial charge in [-0.3, -0.25) is 9.69 Å². The molecule has 1 aromatic rings. The van der Waals surface area contributed by atoms with Crippen LogP contribution in [0.2, 0.25) is 0 Å². The van der Waals surface area contributed by atoms with Crippen LogP contribution in [0.25, 0.3) is 0 Å². The Labute approximate surface area is 138 Å². The standard InChI is InChI=1S/C18H26N2O3/c1-22-10-9-19-11-16-13-20(14-17(12-19)23-16)18(21)8-7-15-5-3-2-4-6-15/h2-6,16-17H,7-14H2,1H3. The summed E-state index contributed by atoms with van der Waals surface area (Å²) in [6.07, 6.45) is 1.67. The number of nitrogens with zero attached hydrogens (tertiary/aromatic N) is 2. The number of rotatable bonds is 6. The Morgan fingerprint density at radius 2 is 1.87 bits per heavy atom. The van der Waals surface area contributed by atoms with Crippen molar-refractivity contribution in [2.24, 2.45) is 0 Å². The van der Waals surface area contributed by atoms with Crippen molar-refractivity contribution in [1.82, 2.24) is 9.80 Å². The number of benzene rings is 1. The molecule has 1 aromatic carbocycles. The van der Waals surface area contributed by atoms with Crippen molar-refractivity contribution < 1.29 is 14.3 Å². The number of carbonyl (C=O) groups is 1. The highest BCUT2D eigenvalue weighted by atomic mass is 16.5. The number of carbonyl (C=O) groups excluding carboxylic acids is 1. The predicted octanol–water partition coefficient (Wildman–Crippen LogP) is 1.18. The largest absolute Gasteiger partial charge is 0.383 e. The maximum absolute atomic E-state index is 12.5. The monoisotopic (exact) mass is 318 g/mol. The average Bonchev–Trinajstić information content (AvgIpc) is 2.58. The van der Waals surface area contributed by atoms with Crippen LogP contribution in [0.15, 0.2) is 30.3 Å². The first-order valence-electron chi connectivity index (χ1n) is 8.43. The minimum Gasteiger partial charge on any atom is -0.383 e. The Morgan fingerprint density at radius 1 is 1.17 bits per heavy atom. The van der Waals surface area contributed by atoms with Crippen LogP contribution < -0.4 is 0 Å². The first-order chi connectivity index (χ1) is 11.2. The van der Waals surface area contributed by atoms with Gasteiger partial charge in [0.25, 0.3) is 0 Å². The van der Waals surface area contributed by atoms with E-state index in [-0.39, 0.29) is 18.1 Å². The minimum absolute atomic E-state index is 0.139. The molecule has 2 bridgehead atoms. The molecule has 5 nitrogen and oxygen atoms in total. The minimum atomic E-state index is 0.139. The van der Waals surface area contributed by atoms with Crippen LogP contribution in [0.1, 0.15) is 12.0 Å². The lowest BCUT2D eigenvalue weighted by Crippen LogP contribution is -2.60. The zero-order valence-electron chi connectivity index (χ0n) is 13.8. The normalized spacial score (nSPS) is 24.7. The quantitative estimate of drug-likeness (QED) is 0.790. The zero-order valence-corrected chi connectivity index (χ0v) is 13.8. The molecule has 2 unspecified atom stereocenters. The molecule has 126 valence electrons. The summed E-state index contributed by atoms with van der Waals surface area (Å²) in [5, 5.41) is 0. The molecule has 0 radical (unpaired) electrons. The number of aryl methyl sites for hydroxylation is 1. The fourth-order valence-corrected chi connectivity index (χ4v) is 3.44. The van der Waals surface area contributed by atoms with Crippen LogP contribution in [0.5, 0.6) is 0 Å². The molecule has 2 heterocycles. The molecule has 5 heteroatoms. The van der Waals surface area contributed by atoms with Gasteiger partial charge in [0.05, 0.1) is 18.8 Å². The van der Waals surface area contributed by atoms with Crippen molar-refractivity contribution >= 4 is 5.91 Å². The van der Waals surface area contributed by atoms with Gasteiger partial charge < -0.3 is 14.4 Å². The highest BCUT2D eigenvalue weighted by Gasteiger charge is 2.36. The number of methoxy groups -OCH3 is 1. The van der Waals surface area contributed by atoms with Crippen molar-refractivity contribution in [1.29, 1.82) is 0 Å². The van der Waals surface area contributed by atoms with Crippen LogP contribution in [0.3, 0.4) is 0 Å². The van der Waals surface area contributed by atoms with Gasteiger partial charge in [-0.15, -0.1) is 0 Å². The third kappa shape index (κ3) is 4.53. The van der Waals surface area contributed by atoms with Gasteiger partial charge in [-0.2, -0.15) is 0 Å². The van der Waals surface area contributed by atoms with Gasteiger partial charge in [-0.25, -0.2) is 0 Å². The third-order valence-electron chi connectivity index (χ3n) is 4.59. The highest BCUT2D eigenvalue weighted by Crippen LogP contribution is 2.20. The topological polar surface area (TPSA) is 42.0 Å². The van der Waals surface area contributed by atoms with Gasteiger partial charge in [0, 0.05) is 46.3 Å². The average molecular weight is 318 g/mol. The lowest BCUT2D eigenvalue weighted by Gasteiger charge is -2.45. The second kappa shape index (κ2) is 7.90. The van der Waals surface area contributed by atoms with E-state index in [9.17, 15) is 4.79 Å². The molecule has 2 fully saturated rings. The molecule has 2 aliphatic rings. The van der Waals surface area contributed by atoms with Gasteiger partial charge in [0.1, 0.15) is 0 Å². The van der Waals surface area contributed by atoms with Crippen LogP contribution in [0.4, 0.5) is 0 Å². The summed E-state index contributed by atoms with van der Waals surface area (Å²) in [6.45, 7) is 4.90. The molecule has 2 saturated heterocycles. The zero-order chi connectivity index (χ0) is 16.1. The number of hydrogen-bond donors (Lipinski definition) is 0. The summed E-state index contributed by atoms with van der Waals surface area (Å²) in [6, 6.07) is 10.2. The highest BCUT2D eigenvalue weighted by molar-refractivity contribution is 5.76. The Bertz CT molecular complexity index is 494. The van der Waals surface area contributed by atoms with Crippen LogP contribution in [-0.2, 0) is 20.7 Å². The summed E-state index contributed by atoms with van der Waals surface area (Å²) in [7, 11) is 1.73. The third-order valence-corrected chi connectivity index (χ3v) is 4.59. The molecule has 0 saturated carbocycles. The summed E-state index contributed by atoms with van der Waals surface area (Å²) in [4.78, 5) is 16.9. The van der Waals surface area contributed by atoms with E-state index in [1.54, 1.807) is 7.11 Å². The first-order valence-corrected chi connectivity index (χ1v) is 8.43. The molecule has 0 spiro atoms. The van der Waals surface area contributed by atoms with Crippen molar-refractivity contribution in [3.63, 3.8) is 0 Å². The van der Waals surface area contributed by atoms with E-state index in [0.29, 0.717) is 19.5 Å². The maximum Gasteiger partial charge on any atom is 0.223 e. The molecule has 1 amide bonds. The summed E-state index contributed by atoms with van der Waals surface area (Å²) in [5.74, 6) is 0.248. The Kier molecular flexibility index (Phi) is 5.65. The van der Waals surface area contributed by atoms with Gasteiger partial charge >= 0.3 is 0 Å². The van der Waals surface area contributed by atoms with E-state index >= 15 is 0 Å². The number of amides is 1. The van der Waals surface area contributed by atoms with Gasteiger partial charge in [-0.1, -0.05) is 30.3 Å². The molecule has 23 heavy (non-hydrogen) atoms. The summed E-state index contributed by atoms with van der Waals surface area (Å²) < 4.78 is 11.2. The fraction of sp³-hybridized carbons (Fsp3) is 0.611. The molecule has 0 N–H and O–H groups in total. The van der Waals surface area contributed by atoms with Crippen molar-refractivity contribution in [2.75, 3.05) is 46.4 Å². The molecular formula is C18H26N2O3. The maximum atomic E-state index is 12.5. The fourth-order valence-electron chi connectivity index (χ4n) is 3.44. The smallest absolute Gasteiger partial charge is 0.223 e. The van der Waals surface area contributed by atoms with Gasteiger partial charge in [0.15, 0.2) is 0 Å². The lowest BCUT2D eigenvalue weighted by atomic mass is 10.1. The molecule has 0 aliphatic carbocycles. The van der Waals surface area contributed by atoms with E-state index in [4.69, 9.17) is 9.47 Å². The van der Waals surface area contributed by atoms with E-state index < -0.39 is 0 Å². The summed E-state index contributed by atoms with van der Waals surface area (Å²) in [5.41, 5.74) is 1.22. The molecule has 0 aromatic heterocycles. The SMILES string of the molecule is COCCN1CC2CN(C(=O)CCc3ccccc3)CC(C1)O2. The van der Waals surface area contributed by atoms with Crippen molar-refractivity contribution in [3.05, 3.63) is 35.9 Å². The lowest BCUT2D eigenvalue weighted by molar-refractivity contribution is -0.161. The Balaban J connectivity index is 1.48. The number of ether oxygens (including phenoxy) is 2. The molecule has 2 atom stereocenters. The van der Waals surface area contributed by atoms with E-state index in [0.717, 1.165) is 32.7 Å². The molecule has 3 rings (SSSR count). The second-order valence-corrected chi connectivity index (χ2v) is 6.42. The molecule has 2 aliphatic heterocycles. The predicted molar refractivity (Wildman–Crippen MR) is 88.3 cm³/mol. The van der Waals surface area contributed by atoms with E-state index in [1.165, 1.54) is 5.56 Å². The van der Waals surface area contributed by atoms with Crippen molar-refractivity contribution in [3.8, 4) is 0 Å². The Morgan fingerprint density at radius 3 is 2.52 bits per heavy atom.